The molecule has 12 heteroatoms. The Kier molecular flexibility index (Phi) is 10.0. The molecule has 1 fully saturated rings. The number of hydrogen-bond donors (Lipinski definition) is 2. The van der Waals surface area contributed by atoms with Gasteiger partial charge in [0.1, 0.15) is 5.75 Å². The molecule has 7 rings (SSSR count). The van der Waals surface area contributed by atoms with Gasteiger partial charge in [0, 0.05) is 41.0 Å². The van der Waals surface area contributed by atoms with E-state index in [1.165, 1.54) is 0 Å². The summed E-state index contributed by atoms with van der Waals surface area (Å²) in [5, 5.41) is 21.8. The number of para-hydroxylation sites is 1. The van der Waals surface area contributed by atoms with Crippen LogP contribution in [0, 0.1) is 5.92 Å². The Morgan fingerprint density at radius 3 is 2.49 bits per heavy atom. The smallest absolute Gasteiger partial charge is 0.264 e. The molecule has 2 N–H and O–H groups in total. The number of benzene rings is 4. The number of halogens is 1. The molecular weight excluding hydrogens is 690 g/mol. The van der Waals surface area contributed by atoms with Gasteiger partial charge >= 0.3 is 0 Å². The van der Waals surface area contributed by atoms with Crippen LogP contribution < -0.4 is 15.0 Å². The number of anilines is 2. The lowest BCUT2D eigenvalue weighted by Gasteiger charge is -2.31. The van der Waals surface area contributed by atoms with Crippen LogP contribution in [0.15, 0.2) is 109 Å². The molecule has 0 saturated carbocycles. The van der Waals surface area contributed by atoms with Crippen LogP contribution in [0.5, 0.6) is 5.75 Å². The number of carbonyl (C=O) groups is 2. The number of ether oxygens (including phenoxy) is 2. The summed E-state index contributed by atoms with van der Waals surface area (Å²) in [6.07, 6.45) is 1.71. The van der Waals surface area contributed by atoms with Gasteiger partial charge in [-0.15, -0.1) is 5.10 Å². The van der Waals surface area contributed by atoms with Gasteiger partial charge in [0.25, 0.3) is 11.8 Å². The second-order valence-corrected chi connectivity index (χ2v) is 18.2. The molecular formula is C41H44FN5O5Si. The van der Waals surface area contributed by atoms with E-state index in [1.54, 1.807) is 60.1 Å². The van der Waals surface area contributed by atoms with Gasteiger partial charge < -0.3 is 28.9 Å². The van der Waals surface area contributed by atoms with E-state index in [9.17, 15) is 14.7 Å². The van der Waals surface area contributed by atoms with Crippen LogP contribution in [0.1, 0.15) is 52.0 Å². The molecule has 5 aromatic rings. The van der Waals surface area contributed by atoms with Crippen LogP contribution in [0.25, 0.3) is 0 Å². The largest absolute Gasteiger partial charge is 0.497 e. The van der Waals surface area contributed by atoms with E-state index in [-0.39, 0.29) is 30.9 Å². The fourth-order valence-electron chi connectivity index (χ4n) is 8.20. The van der Waals surface area contributed by atoms with Crippen molar-refractivity contribution in [2.24, 2.45) is 5.92 Å². The minimum absolute atomic E-state index is 0.112. The Morgan fingerprint density at radius 2 is 1.77 bits per heavy atom. The van der Waals surface area contributed by atoms with Gasteiger partial charge in [-0.25, -0.2) is 0 Å². The summed E-state index contributed by atoms with van der Waals surface area (Å²) in [6.45, 7) is 5.86. The lowest BCUT2D eigenvalue weighted by molar-refractivity contribution is -0.146. The third-order valence-corrected chi connectivity index (χ3v) is 13.1. The SMILES string of the molecule is COc1ccc(C(=O)Nc2cccc(CN3C(=O)[C@@]4(O[C@@H](CCn5cc(C(CO)c6ccccc6)nn5)[C@H]([Si](C)(C)F)[C@H]4C)c4ccccc43)c2)cc1. The quantitative estimate of drug-likeness (QED) is 0.104. The fraction of sp³-hybridized carbons (Fsp3) is 0.317. The molecule has 10 nitrogen and oxygen atoms in total. The average molecular weight is 734 g/mol. The Bertz CT molecular complexity index is 2090. The zero-order chi connectivity index (χ0) is 37.3. The summed E-state index contributed by atoms with van der Waals surface area (Å²) in [4.78, 5) is 29.5. The van der Waals surface area contributed by atoms with E-state index in [2.05, 4.69) is 15.6 Å². The monoisotopic (exact) mass is 733 g/mol. The normalized spacial score (nSPS) is 21.5. The van der Waals surface area contributed by atoms with Gasteiger partial charge in [-0.1, -0.05) is 72.8 Å². The van der Waals surface area contributed by atoms with Crippen LogP contribution in [-0.2, 0) is 28.2 Å². The van der Waals surface area contributed by atoms with Crippen LogP contribution in [-0.4, -0.2) is 60.1 Å². The highest BCUT2D eigenvalue weighted by molar-refractivity contribution is 6.72. The minimum Gasteiger partial charge on any atom is -0.497 e. The molecule has 1 aromatic heterocycles. The highest BCUT2D eigenvalue weighted by atomic mass is 28.4. The number of nitrogens with one attached hydrogen (secondary N) is 1. The van der Waals surface area contributed by atoms with Gasteiger partial charge in [-0.3, -0.25) is 14.3 Å². The number of rotatable bonds is 12. The average Bonchev–Trinajstić information content (AvgIpc) is 3.82. The van der Waals surface area contributed by atoms with Crippen molar-refractivity contribution in [2.75, 3.05) is 23.9 Å². The molecule has 0 bridgehead atoms. The Labute approximate surface area is 309 Å². The molecule has 2 amide bonds. The molecule has 0 radical (unpaired) electrons. The van der Waals surface area contributed by atoms with Crippen molar-refractivity contribution < 1.29 is 28.3 Å². The first-order valence-corrected chi connectivity index (χ1v) is 20.9. The van der Waals surface area contributed by atoms with Crippen LogP contribution in [0.3, 0.4) is 0 Å². The summed E-state index contributed by atoms with van der Waals surface area (Å²) in [5.41, 5.74) is 3.13. The third kappa shape index (κ3) is 6.89. The molecule has 53 heavy (non-hydrogen) atoms. The molecule has 0 aliphatic carbocycles. The molecule has 1 saturated heterocycles. The topological polar surface area (TPSA) is 119 Å². The Hall–Kier alpha value is -5.17. The summed E-state index contributed by atoms with van der Waals surface area (Å²) >= 11 is 0. The van der Waals surface area contributed by atoms with Crippen molar-refractivity contribution in [3.05, 3.63) is 137 Å². The number of aliphatic hydroxyl groups excluding tert-OH is 1. The van der Waals surface area contributed by atoms with Crippen LogP contribution >= 0.6 is 0 Å². The Balaban J connectivity index is 1.12. The molecule has 5 atom stereocenters. The predicted molar refractivity (Wildman–Crippen MR) is 203 cm³/mol. The number of fused-ring (bicyclic) bond motifs is 2. The summed E-state index contributed by atoms with van der Waals surface area (Å²) in [6, 6.07) is 31.6. The molecule has 3 heterocycles. The van der Waals surface area contributed by atoms with E-state index in [4.69, 9.17) is 9.47 Å². The van der Waals surface area contributed by atoms with Gasteiger partial charge in [-0.05, 0) is 73.1 Å². The van der Waals surface area contributed by atoms with Crippen molar-refractivity contribution in [3.8, 4) is 5.75 Å². The number of aromatic nitrogens is 3. The first-order valence-electron chi connectivity index (χ1n) is 17.9. The molecule has 4 aromatic carbocycles. The number of hydrogen-bond acceptors (Lipinski definition) is 7. The maximum absolute atomic E-state index is 16.4. The predicted octanol–water partition coefficient (Wildman–Crippen LogP) is 7.08. The zero-order valence-corrected chi connectivity index (χ0v) is 31.3. The standard InChI is InChI=1S/C41H44FN5O5Si/c1-27-38(53(3,4)42)37(21-22-46-25-35(44-45-46)33(26-48)29-12-6-5-7-13-29)52-41(27)34-15-8-9-16-36(34)47(40(41)50)24-28-11-10-14-31(23-28)43-39(49)30-17-19-32(51-2)20-18-30/h5-20,23,25,27,33,37-38,48H,21-22,24,26H2,1-4H3,(H,43,49)/t27-,33?,37+,38-,41+/m1/s1. The number of nitrogens with zero attached hydrogens (tertiary/aromatic N) is 4. The van der Waals surface area contributed by atoms with E-state index in [1.807, 2.05) is 85.9 Å². The van der Waals surface area contributed by atoms with Crippen molar-refractivity contribution in [3.63, 3.8) is 0 Å². The summed E-state index contributed by atoms with van der Waals surface area (Å²) < 4.78 is 30.2. The van der Waals surface area contributed by atoms with Gasteiger partial charge in [0.05, 0.1) is 43.7 Å². The van der Waals surface area contributed by atoms with Crippen molar-refractivity contribution in [2.45, 2.75) is 62.7 Å². The number of amides is 2. The van der Waals surface area contributed by atoms with Crippen molar-refractivity contribution in [1.82, 2.24) is 15.0 Å². The van der Waals surface area contributed by atoms with Crippen molar-refractivity contribution in [1.29, 1.82) is 0 Å². The first kappa shape index (κ1) is 36.2. The lowest BCUT2D eigenvalue weighted by atomic mass is 9.82. The Morgan fingerprint density at radius 1 is 1.04 bits per heavy atom. The second-order valence-electron chi connectivity index (χ2n) is 14.4. The molecule has 1 unspecified atom stereocenters. The van der Waals surface area contributed by atoms with E-state index in [0.717, 1.165) is 22.4 Å². The summed E-state index contributed by atoms with van der Waals surface area (Å²) in [5.74, 6) is -0.573. The minimum atomic E-state index is -3.37. The first-order chi connectivity index (χ1) is 25.5. The summed E-state index contributed by atoms with van der Waals surface area (Å²) in [7, 11) is -1.80. The van der Waals surface area contributed by atoms with E-state index < -0.39 is 31.6 Å². The molecule has 2 aliphatic heterocycles. The fourth-order valence-corrected chi connectivity index (χ4v) is 10.7. The van der Waals surface area contributed by atoms with Crippen LogP contribution in [0.4, 0.5) is 15.5 Å². The molecule has 1 spiro atoms. The lowest BCUT2D eigenvalue weighted by Crippen LogP contribution is -2.45. The van der Waals surface area contributed by atoms with Gasteiger partial charge in [0.15, 0.2) is 5.60 Å². The van der Waals surface area contributed by atoms with E-state index >= 15 is 4.11 Å². The maximum atomic E-state index is 16.4. The van der Waals surface area contributed by atoms with Crippen molar-refractivity contribution >= 4 is 31.6 Å². The number of methoxy groups -OCH3 is 1. The number of carbonyl (C=O) groups excluding carboxylic acids is 2. The van der Waals surface area contributed by atoms with E-state index in [0.29, 0.717) is 35.7 Å². The number of aliphatic hydroxyl groups is 1. The van der Waals surface area contributed by atoms with Crippen LogP contribution in [0.2, 0.25) is 18.6 Å². The highest BCUT2D eigenvalue weighted by Gasteiger charge is 2.66. The molecule has 274 valence electrons. The molecule has 2 aliphatic rings. The zero-order valence-electron chi connectivity index (χ0n) is 30.3. The number of aryl methyl sites for hydroxylation is 1. The third-order valence-electron chi connectivity index (χ3n) is 10.7. The highest BCUT2D eigenvalue weighted by Crippen LogP contribution is 2.60. The van der Waals surface area contributed by atoms with Gasteiger partial charge in [-0.2, -0.15) is 0 Å². The van der Waals surface area contributed by atoms with Gasteiger partial charge in [0.2, 0.25) is 8.41 Å². The maximum Gasteiger partial charge on any atom is 0.264 e. The second kappa shape index (κ2) is 14.7.